The van der Waals surface area contributed by atoms with Crippen molar-refractivity contribution in [2.75, 3.05) is 17.2 Å². The number of benzene rings is 2. The summed E-state index contributed by atoms with van der Waals surface area (Å²) in [4.78, 5) is 0. The predicted molar refractivity (Wildman–Crippen MR) is 74.6 cm³/mol. The molecule has 2 aromatic carbocycles. The van der Waals surface area contributed by atoms with Gasteiger partial charge in [-0.2, -0.15) is 0 Å². The summed E-state index contributed by atoms with van der Waals surface area (Å²) in [5.41, 5.74) is 24.1. The summed E-state index contributed by atoms with van der Waals surface area (Å²) in [6.45, 7) is 4.01. The zero-order valence-corrected chi connectivity index (χ0v) is 10.1. The van der Waals surface area contributed by atoms with Gasteiger partial charge in [-0.05, 0) is 54.8 Å². The molecule has 0 atom stereocenters. The van der Waals surface area contributed by atoms with Gasteiger partial charge in [-0.25, -0.2) is 0 Å². The van der Waals surface area contributed by atoms with Gasteiger partial charge in [-0.15, -0.1) is 0 Å². The van der Waals surface area contributed by atoms with E-state index in [1.807, 2.05) is 32.0 Å². The van der Waals surface area contributed by atoms with Crippen LogP contribution in [0.5, 0.6) is 0 Å². The van der Waals surface area contributed by atoms with E-state index in [2.05, 4.69) is 6.07 Å². The summed E-state index contributed by atoms with van der Waals surface area (Å²) in [5.74, 6) is 0. The van der Waals surface area contributed by atoms with Crippen molar-refractivity contribution in [2.24, 2.45) is 0 Å². The van der Waals surface area contributed by atoms with E-state index in [4.69, 9.17) is 17.2 Å². The molecule has 0 spiro atoms. The second-order valence-corrected chi connectivity index (χ2v) is 4.37. The third-order valence-corrected chi connectivity index (χ3v) is 2.96. The van der Waals surface area contributed by atoms with Crippen LogP contribution >= 0.6 is 0 Å². The van der Waals surface area contributed by atoms with E-state index in [1.54, 1.807) is 6.07 Å². The van der Waals surface area contributed by atoms with Crippen molar-refractivity contribution in [3.05, 3.63) is 41.5 Å². The van der Waals surface area contributed by atoms with E-state index in [1.165, 1.54) is 0 Å². The molecule has 17 heavy (non-hydrogen) atoms. The Bertz CT molecular complexity index is 574. The maximum absolute atomic E-state index is 5.99. The van der Waals surface area contributed by atoms with Crippen LogP contribution in [-0.2, 0) is 0 Å². The van der Waals surface area contributed by atoms with Crippen LogP contribution < -0.4 is 17.2 Å². The van der Waals surface area contributed by atoms with Crippen LogP contribution in [0.15, 0.2) is 30.3 Å². The molecule has 0 amide bonds. The van der Waals surface area contributed by atoms with Crippen molar-refractivity contribution in [2.45, 2.75) is 13.8 Å². The molecule has 0 heterocycles. The number of nitrogens with two attached hydrogens (primary N) is 3. The van der Waals surface area contributed by atoms with E-state index in [0.717, 1.165) is 27.9 Å². The Morgan fingerprint density at radius 3 is 2.18 bits per heavy atom. The molecule has 0 saturated carbocycles. The lowest BCUT2D eigenvalue weighted by molar-refractivity contribution is 1.39. The van der Waals surface area contributed by atoms with Gasteiger partial charge in [0.25, 0.3) is 0 Å². The van der Waals surface area contributed by atoms with Crippen LogP contribution in [0.2, 0.25) is 0 Å². The zero-order valence-electron chi connectivity index (χ0n) is 10.1. The third kappa shape index (κ3) is 2.04. The molecule has 0 unspecified atom stereocenters. The molecular formula is C14H17N3. The minimum atomic E-state index is 0.702. The first kappa shape index (κ1) is 11.3. The molecule has 0 radical (unpaired) electrons. The Kier molecular flexibility index (Phi) is 2.68. The Labute approximate surface area is 101 Å². The van der Waals surface area contributed by atoms with Gasteiger partial charge in [0, 0.05) is 22.6 Å². The van der Waals surface area contributed by atoms with Gasteiger partial charge in [0.15, 0.2) is 0 Å². The highest BCUT2D eigenvalue weighted by atomic mass is 14.6. The monoisotopic (exact) mass is 227 g/mol. The number of rotatable bonds is 1. The Balaban J connectivity index is 2.72. The number of hydrogen-bond donors (Lipinski definition) is 3. The molecule has 0 aliphatic carbocycles. The number of anilines is 3. The van der Waals surface area contributed by atoms with Crippen molar-refractivity contribution in [3.8, 4) is 11.1 Å². The molecule has 3 heteroatoms. The standard InChI is InChI=1S/C14H17N3/c1-8-5-11(9(2)14(17)6-8)12-7-10(15)3-4-13(12)16/h3-7H,15-17H2,1-2H3. The van der Waals surface area contributed by atoms with Crippen LogP contribution in [0.25, 0.3) is 11.1 Å². The number of aryl methyl sites for hydroxylation is 1. The fourth-order valence-corrected chi connectivity index (χ4v) is 1.97. The summed E-state index contributed by atoms with van der Waals surface area (Å²) in [6.07, 6.45) is 0. The first-order valence-corrected chi connectivity index (χ1v) is 5.51. The molecule has 3 nitrogen and oxygen atoms in total. The Morgan fingerprint density at radius 1 is 0.765 bits per heavy atom. The first-order valence-electron chi connectivity index (χ1n) is 5.51. The van der Waals surface area contributed by atoms with Crippen LogP contribution in [0.1, 0.15) is 11.1 Å². The summed E-state index contributed by atoms with van der Waals surface area (Å²) < 4.78 is 0. The highest BCUT2D eigenvalue weighted by Crippen LogP contribution is 2.33. The van der Waals surface area contributed by atoms with Crippen molar-refractivity contribution < 1.29 is 0 Å². The molecule has 0 saturated heterocycles. The third-order valence-electron chi connectivity index (χ3n) is 2.96. The molecule has 0 aliphatic heterocycles. The SMILES string of the molecule is Cc1cc(N)c(C)c(-c2cc(N)ccc2N)c1. The lowest BCUT2D eigenvalue weighted by atomic mass is 9.95. The Hall–Kier alpha value is -2.16. The highest BCUT2D eigenvalue weighted by molar-refractivity contribution is 5.83. The van der Waals surface area contributed by atoms with Crippen LogP contribution in [0, 0.1) is 13.8 Å². The quantitative estimate of drug-likeness (QED) is 0.655. The normalized spacial score (nSPS) is 10.5. The Morgan fingerprint density at radius 2 is 1.47 bits per heavy atom. The first-order chi connectivity index (χ1) is 7.99. The summed E-state index contributed by atoms with van der Waals surface area (Å²) in [6, 6.07) is 9.55. The second-order valence-electron chi connectivity index (χ2n) is 4.37. The van der Waals surface area contributed by atoms with Gasteiger partial charge in [0.05, 0.1) is 0 Å². The van der Waals surface area contributed by atoms with Crippen molar-refractivity contribution in [3.63, 3.8) is 0 Å². The van der Waals surface area contributed by atoms with Gasteiger partial charge in [0.2, 0.25) is 0 Å². The van der Waals surface area contributed by atoms with Crippen molar-refractivity contribution in [1.29, 1.82) is 0 Å². The summed E-state index contributed by atoms with van der Waals surface area (Å²) >= 11 is 0. The summed E-state index contributed by atoms with van der Waals surface area (Å²) in [7, 11) is 0. The molecular weight excluding hydrogens is 210 g/mol. The molecule has 6 N–H and O–H groups in total. The molecule has 0 bridgehead atoms. The molecule has 0 aliphatic rings. The van der Waals surface area contributed by atoms with Gasteiger partial charge < -0.3 is 17.2 Å². The largest absolute Gasteiger partial charge is 0.399 e. The van der Waals surface area contributed by atoms with Crippen LogP contribution in [0.4, 0.5) is 17.1 Å². The van der Waals surface area contributed by atoms with E-state index >= 15 is 0 Å². The van der Waals surface area contributed by atoms with Gasteiger partial charge in [0.1, 0.15) is 0 Å². The average Bonchev–Trinajstić information content (AvgIpc) is 2.27. The van der Waals surface area contributed by atoms with E-state index in [0.29, 0.717) is 11.4 Å². The van der Waals surface area contributed by atoms with Crippen molar-refractivity contribution in [1.82, 2.24) is 0 Å². The van der Waals surface area contributed by atoms with Gasteiger partial charge in [-0.3, -0.25) is 0 Å². The van der Waals surface area contributed by atoms with Gasteiger partial charge >= 0.3 is 0 Å². The zero-order chi connectivity index (χ0) is 12.6. The smallest absolute Gasteiger partial charge is 0.0395 e. The lowest BCUT2D eigenvalue weighted by Crippen LogP contribution is -1.98. The van der Waals surface area contributed by atoms with Gasteiger partial charge in [-0.1, -0.05) is 6.07 Å². The molecule has 2 rings (SSSR count). The van der Waals surface area contributed by atoms with Crippen LogP contribution in [-0.4, -0.2) is 0 Å². The molecule has 0 fully saturated rings. The fraction of sp³-hybridized carbons (Fsp3) is 0.143. The fourth-order valence-electron chi connectivity index (χ4n) is 1.97. The maximum atomic E-state index is 5.99. The number of nitrogen functional groups attached to an aromatic ring is 3. The predicted octanol–water partition coefficient (Wildman–Crippen LogP) is 2.72. The average molecular weight is 227 g/mol. The van der Waals surface area contributed by atoms with E-state index < -0.39 is 0 Å². The minimum Gasteiger partial charge on any atom is -0.399 e. The molecule has 2 aromatic rings. The topological polar surface area (TPSA) is 78.1 Å². The second kappa shape index (κ2) is 4.01. The maximum Gasteiger partial charge on any atom is 0.0395 e. The number of hydrogen-bond acceptors (Lipinski definition) is 3. The minimum absolute atomic E-state index is 0.702. The molecule has 0 aromatic heterocycles. The molecule has 88 valence electrons. The summed E-state index contributed by atoms with van der Waals surface area (Å²) in [5, 5.41) is 0. The van der Waals surface area contributed by atoms with E-state index in [-0.39, 0.29) is 0 Å². The van der Waals surface area contributed by atoms with Crippen molar-refractivity contribution >= 4 is 17.1 Å². The highest BCUT2D eigenvalue weighted by Gasteiger charge is 2.09. The van der Waals surface area contributed by atoms with E-state index in [9.17, 15) is 0 Å². The lowest BCUT2D eigenvalue weighted by Gasteiger charge is -2.13. The van der Waals surface area contributed by atoms with Crippen LogP contribution in [0.3, 0.4) is 0 Å².